The number of aromatic nitrogens is 2. The number of carbonyl (C=O) groups excluding carboxylic acids is 1. The Morgan fingerprint density at radius 1 is 1.04 bits per heavy atom. The lowest BCUT2D eigenvalue weighted by Gasteiger charge is -2.33. The molecule has 5 heteroatoms. The molecule has 2 aromatic carbocycles. The Kier molecular flexibility index (Phi) is 4.31. The average Bonchev–Trinajstić information content (AvgIpc) is 3.19. The number of imidazole rings is 1. The van der Waals surface area contributed by atoms with E-state index in [9.17, 15) is 4.79 Å². The van der Waals surface area contributed by atoms with Crippen molar-refractivity contribution >= 4 is 5.91 Å². The third-order valence-electron chi connectivity index (χ3n) is 4.42. The first-order valence-corrected chi connectivity index (χ1v) is 8.36. The minimum absolute atomic E-state index is 0.0226. The van der Waals surface area contributed by atoms with Crippen LogP contribution >= 0.6 is 0 Å². The first kappa shape index (κ1) is 15.6. The average molecular weight is 333 g/mol. The lowest BCUT2D eigenvalue weighted by atomic mass is 10.1. The summed E-state index contributed by atoms with van der Waals surface area (Å²) in [4.78, 5) is 19.1. The Balaban J connectivity index is 1.57. The van der Waals surface area contributed by atoms with E-state index in [4.69, 9.17) is 4.74 Å². The van der Waals surface area contributed by atoms with Crippen LogP contribution in [0.1, 0.15) is 22.2 Å². The largest absolute Gasteiger partial charge is 0.370 e. The zero-order chi connectivity index (χ0) is 17.1. The molecule has 1 aliphatic heterocycles. The maximum atomic E-state index is 13.0. The van der Waals surface area contributed by atoms with Gasteiger partial charge in [0.1, 0.15) is 11.8 Å². The third-order valence-corrected chi connectivity index (χ3v) is 4.42. The molecular weight excluding hydrogens is 314 g/mol. The molecule has 1 saturated heterocycles. The van der Waals surface area contributed by atoms with E-state index >= 15 is 0 Å². The fourth-order valence-electron chi connectivity index (χ4n) is 3.11. The van der Waals surface area contributed by atoms with Gasteiger partial charge in [0.05, 0.1) is 25.7 Å². The van der Waals surface area contributed by atoms with Gasteiger partial charge in [-0.15, -0.1) is 0 Å². The van der Waals surface area contributed by atoms with Crippen molar-refractivity contribution in [3.8, 4) is 5.69 Å². The minimum atomic E-state index is -0.0907. The van der Waals surface area contributed by atoms with E-state index in [0.717, 1.165) is 11.3 Å². The first-order valence-electron chi connectivity index (χ1n) is 8.36. The molecule has 1 aliphatic rings. The summed E-state index contributed by atoms with van der Waals surface area (Å²) in [5, 5.41) is 0. The normalized spacial score (nSPS) is 17.4. The van der Waals surface area contributed by atoms with Crippen molar-refractivity contribution in [1.82, 2.24) is 14.5 Å². The van der Waals surface area contributed by atoms with Crippen molar-refractivity contribution in [2.45, 2.75) is 6.10 Å². The van der Waals surface area contributed by atoms with Gasteiger partial charge >= 0.3 is 0 Å². The van der Waals surface area contributed by atoms with E-state index in [2.05, 4.69) is 4.98 Å². The maximum absolute atomic E-state index is 13.0. The summed E-state index contributed by atoms with van der Waals surface area (Å²) < 4.78 is 7.69. The number of benzene rings is 2. The molecule has 1 unspecified atom stereocenters. The van der Waals surface area contributed by atoms with Crippen LogP contribution in [0.25, 0.3) is 5.69 Å². The smallest absolute Gasteiger partial charge is 0.272 e. The topological polar surface area (TPSA) is 47.4 Å². The van der Waals surface area contributed by atoms with Gasteiger partial charge in [-0.05, 0) is 17.7 Å². The second-order valence-corrected chi connectivity index (χ2v) is 6.01. The van der Waals surface area contributed by atoms with Crippen LogP contribution in [0.2, 0.25) is 0 Å². The lowest BCUT2D eigenvalue weighted by Crippen LogP contribution is -2.42. The Labute approximate surface area is 146 Å². The third kappa shape index (κ3) is 3.19. The fraction of sp³-hybridized carbons (Fsp3) is 0.200. The number of ether oxygens (including phenoxy) is 1. The summed E-state index contributed by atoms with van der Waals surface area (Å²) in [5.41, 5.74) is 2.59. The van der Waals surface area contributed by atoms with Crippen LogP contribution in [0.15, 0.2) is 73.2 Å². The summed E-state index contributed by atoms with van der Waals surface area (Å²) in [6.45, 7) is 1.66. The number of hydrogen-bond acceptors (Lipinski definition) is 3. The highest BCUT2D eigenvalue weighted by Gasteiger charge is 2.27. The van der Waals surface area contributed by atoms with Gasteiger partial charge in [-0.3, -0.25) is 9.36 Å². The highest BCUT2D eigenvalue weighted by Crippen LogP contribution is 2.23. The van der Waals surface area contributed by atoms with E-state index < -0.39 is 0 Å². The van der Waals surface area contributed by atoms with Crippen LogP contribution in [0.3, 0.4) is 0 Å². The van der Waals surface area contributed by atoms with Crippen molar-refractivity contribution in [1.29, 1.82) is 0 Å². The van der Waals surface area contributed by atoms with Gasteiger partial charge in [0.15, 0.2) is 0 Å². The monoisotopic (exact) mass is 333 g/mol. The highest BCUT2D eigenvalue weighted by molar-refractivity contribution is 5.93. The van der Waals surface area contributed by atoms with E-state index in [-0.39, 0.29) is 12.0 Å². The predicted octanol–water partition coefficient (Wildman–Crippen LogP) is 3.09. The van der Waals surface area contributed by atoms with E-state index in [0.29, 0.717) is 25.4 Å². The molecule has 5 nitrogen and oxygen atoms in total. The van der Waals surface area contributed by atoms with Crippen molar-refractivity contribution < 1.29 is 9.53 Å². The molecule has 1 amide bonds. The minimum Gasteiger partial charge on any atom is -0.370 e. The van der Waals surface area contributed by atoms with Crippen molar-refractivity contribution in [3.05, 3.63) is 84.4 Å². The molecule has 0 bridgehead atoms. The van der Waals surface area contributed by atoms with E-state index in [1.54, 1.807) is 12.5 Å². The number of morpholine rings is 1. The van der Waals surface area contributed by atoms with Crippen molar-refractivity contribution in [2.24, 2.45) is 0 Å². The molecule has 1 fully saturated rings. The molecular formula is C20H19N3O2. The number of carbonyl (C=O) groups is 1. The summed E-state index contributed by atoms with van der Waals surface area (Å²) >= 11 is 0. The highest BCUT2D eigenvalue weighted by atomic mass is 16.5. The van der Waals surface area contributed by atoms with Crippen LogP contribution in [-0.4, -0.2) is 40.1 Å². The van der Waals surface area contributed by atoms with E-state index in [1.165, 1.54) is 0 Å². The number of rotatable bonds is 3. The zero-order valence-corrected chi connectivity index (χ0v) is 13.8. The standard InChI is InChI=1S/C20H19N3O2/c24-20(18-13-21-15-23(18)17-9-5-2-6-10-17)22-11-12-25-19(14-22)16-7-3-1-4-8-16/h1-10,13,15,19H,11-12,14H2. The molecule has 126 valence electrons. The molecule has 25 heavy (non-hydrogen) atoms. The summed E-state index contributed by atoms with van der Waals surface area (Å²) in [5.74, 6) is -0.0226. The van der Waals surface area contributed by atoms with Crippen LogP contribution in [0.5, 0.6) is 0 Å². The molecule has 2 heterocycles. The van der Waals surface area contributed by atoms with Gasteiger partial charge < -0.3 is 9.64 Å². The summed E-state index contributed by atoms with van der Waals surface area (Å²) in [6, 6.07) is 19.8. The van der Waals surface area contributed by atoms with Gasteiger partial charge in [-0.2, -0.15) is 0 Å². The Morgan fingerprint density at radius 3 is 2.52 bits per heavy atom. The van der Waals surface area contributed by atoms with Crippen LogP contribution in [0, 0.1) is 0 Å². The van der Waals surface area contributed by atoms with Crippen molar-refractivity contribution in [3.63, 3.8) is 0 Å². The van der Waals surface area contributed by atoms with Crippen LogP contribution in [0.4, 0.5) is 0 Å². The Hall–Kier alpha value is -2.92. The van der Waals surface area contributed by atoms with Crippen LogP contribution < -0.4 is 0 Å². The number of nitrogens with zero attached hydrogens (tertiary/aromatic N) is 3. The van der Waals surface area contributed by atoms with Gasteiger partial charge in [0.25, 0.3) is 5.91 Å². The number of amides is 1. The maximum Gasteiger partial charge on any atom is 0.272 e. The molecule has 3 aromatic rings. The van der Waals surface area contributed by atoms with Gasteiger partial charge in [0.2, 0.25) is 0 Å². The van der Waals surface area contributed by atoms with E-state index in [1.807, 2.05) is 70.1 Å². The van der Waals surface area contributed by atoms with Gasteiger partial charge in [0, 0.05) is 12.2 Å². The predicted molar refractivity (Wildman–Crippen MR) is 94.6 cm³/mol. The summed E-state index contributed by atoms with van der Waals surface area (Å²) in [7, 11) is 0. The molecule has 0 radical (unpaired) electrons. The molecule has 1 aromatic heterocycles. The molecule has 1 atom stereocenters. The first-order chi connectivity index (χ1) is 12.3. The number of para-hydroxylation sites is 1. The van der Waals surface area contributed by atoms with Crippen molar-refractivity contribution in [2.75, 3.05) is 19.7 Å². The molecule has 0 N–H and O–H groups in total. The van der Waals surface area contributed by atoms with Crippen LogP contribution in [-0.2, 0) is 4.74 Å². The molecule has 0 spiro atoms. The second-order valence-electron chi connectivity index (χ2n) is 6.01. The molecule has 4 rings (SSSR count). The van der Waals surface area contributed by atoms with Gasteiger partial charge in [-0.1, -0.05) is 48.5 Å². The van der Waals surface area contributed by atoms with Gasteiger partial charge in [-0.25, -0.2) is 4.98 Å². The summed E-state index contributed by atoms with van der Waals surface area (Å²) in [6.07, 6.45) is 3.21. The SMILES string of the molecule is O=C(c1cncn1-c1ccccc1)N1CCOC(c2ccccc2)C1. The fourth-order valence-corrected chi connectivity index (χ4v) is 3.11. The zero-order valence-electron chi connectivity index (χ0n) is 13.8. The number of hydrogen-bond donors (Lipinski definition) is 0. The second kappa shape index (κ2) is 6.91. The Morgan fingerprint density at radius 2 is 1.76 bits per heavy atom. The quantitative estimate of drug-likeness (QED) is 0.740. The lowest BCUT2D eigenvalue weighted by molar-refractivity contribution is -0.0230. The molecule has 0 saturated carbocycles. The Bertz CT molecular complexity index is 846. The molecule has 0 aliphatic carbocycles.